The Hall–Kier alpha value is -7.31. The third kappa shape index (κ3) is 11.8. The van der Waals surface area contributed by atoms with E-state index in [9.17, 15) is 26.8 Å². The fraction of sp³-hybridized carbons (Fsp3) is 0.458. The Morgan fingerprint density at radius 2 is 1.57 bits per heavy atom. The molecule has 3 fully saturated rings. The molecule has 0 aliphatic carbocycles. The molecular formula is C59H71F2N15O5S. The number of amides is 2. The molecule has 432 valence electrons. The summed E-state index contributed by atoms with van der Waals surface area (Å²) in [6, 6.07) is 16.4. The van der Waals surface area contributed by atoms with E-state index in [0.717, 1.165) is 42.1 Å². The number of rotatable bonds is 15. The smallest absolute Gasteiger partial charge is 0.257 e. The minimum atomic E-state index is -3.92. The number of carbonyl (C=O) groups excluding carboxylic acids is 2. The van der Waals surface area contributed by atoms with Crippen LogP contribution in [-0.2, 0) is 26.5 Å². The molecule has 0 unspecified atom stereocenters. The number of hydrogen-bond acceptors (Lipinski definition) is 17. The van der Waals surface area contributed by atoms with Gasteiger partial charge >= 0.3 is 0 Å². The van der Waals surface area contributed by atoms with Gasteiger partial charge in [-0.05, 0) is 94.6 Å². The van der Waals surface area contributed by atoms with Gasteiger partial charge in [0.15, 0.2) is 15.7 Å². The van der Waals surface area contributed by atoms with E-state index in [0.29, 0.717) is 110 Å². The van der Waals surface area contributed by atoms with Crippen LogP contribution < -0.4 is 25.2 Å². The minimum Gasteiger partial charge on any atom is -0.491 e. The second-order valence-corrected chi connectivity index (χ2v) is 26.5. The Kier molecular flexibility index (Phi) is 15.7. The van der Waals surface area contributed by atoms with Crippen molar-refractivity contribution in [3.05, 3.63) is 120 Å². The molecule has 8 heterocycles. The molecule has 4 aliphatic heterocycles. The Balaban J connectivity index is 0.666. The lowest BCUT2D eigenvalue weighted by atomic mass is 9.91. The van der Waals surface area contributed by atoms with Crippen molar-refractivity contribution < 1.29 is 31.5 Å². The summed E-state index contributed by atoms with van der Waals surface area (Å²) in [6.07, 6.45) is 7.06. The minimum absolute atomic E-state index is 0.00834. The quantitative estimate of drug-likeness (QED) is 0.104. The van der Waals surface area contributed by atoms with Gasteiger partial charge in [0.1, 0.15) is 41.0 Å². The molecule has 3 saturated heterocycles. The van der Waals surface area contributed by atoms with E-state index in [1.54, 1.807) is 57.4 Å². The molecule has 11 rings (SSSR count). The lowest BCUT2D eigenvalue weighted by Gasteiger charge is -2.45. The van der Waals surface area contributed by atoms with Crippen LogP contribution in [0.1, 0.15) is 75.6 Å². The van der Waals surface area contributed by atoms with E-state index in [1.165, 1.54) is 36.7 Å². The predicted octanol–water partition coefficient (Wildman–Crippen LogP) is 6.21. The molecule has 0 saturated carbocycles. The second-order valence-electron chi connectivity index (χ2n) is 23.9. The van der Waals surface area contributed by atoms with Crippen LogP contribution in [0, 0.1) is 11.6 Å². The first-order valence-corrected chi connectivity index (χ1v) is 29.6. The molecule has 20 nitrogen and oxygen atoms in total. The van der Waals surface area contributed by atoms with E-state index in [2.05, 4.69) is 94.1 Å². The lowest BCUT2D eigenvalue weighted by Crippen LogP contribution is -2.63. The largest absolute Gasteiger partial charge is 0.491 e. The highest BCUT2D eigenvalue weighted by molar-refractivity contribution is 7.92. The van der Waals surface area contributed by atoms with Crippen molar-refractivity contribution >= 4 is 66.7 Å². The molecule has 0 bridgehead atoms. The molecule has 3 atom stereocenters. The zero-order chi connectivity index (χ0) is 57.7. The molecule has 4 aromatic heterocycles. The van der Waals surface area contributed by atoms with Gasteiger partial charge in [-0.2, -0.15) is 5.10 Å². The monoisotopic (exact) mass is 1140 g/mol. The number of H-pyrrole nitrogens is 1. The van der Waals surface area contributed by atoms with Crippen molar-refractivity contribution in [1.82, 2.24) is 60.0 Å². The summed E-state index contributed by atoms with van der Waals surface area (Å²) in [5, 5.41) is 14.9. The van der Waals surface area contributed by atoms with E-state index in [-0.39, 0.29) is 65.0 Å². The lowest BCUT2D eigenvalue weighted by molar-refractivity contribution is -0.121. The maximum Gasteiger partial charge on any atom is 0.257 e. The van der Waals surface area contributed by atoms with Gasteiger partial charge in [0, 0.05) is 138 Å². The molecule has 23 heteroatoms. The first kappa shape index (κ1) is 56.5. The van der Waals surface area contributed by atoms with Crippen LogP contribution >= 0.6 is 0 Å². The number of nitrogens with zero attached hydrogens (tertiary/aromatic N) is 12. The molecule has 0 spiro atoms. The van der Waals surface area contributed by atoms with Crippen molar-refractivity contribution in [2.75, 3.05) is 107 Å². The van der Waals surface area contributed by atoms with E-state index in [1.807, 2.05) is 16.0 Å². The molecule has 3 aromatic carbocycles. The van der Waals surface area contributed by atoms with Crippen molar-refractivity contribution in [1.29, 1.82) is 0 Å². The van der Waals surface area contributed by atoms with Crippen molar-refractivity contribution in [2.45, 2.75) is 88.1 Å². The summed E-state index contributed by atoms with van der Waals surface area (Å²) in [4.78, 5) is 64.2. The van der Waals surface area contributed by atoms with Gasteiger partial charge in [-0.3, -0.25) is 34.4 Å². The summed E-state index contributed by atoms with van der Waals surface area (Å²) in [6.45, 7) is 21.7. The second kappa shape index (κ2) is 22.8. The maximum atomic E-state index is 14.4. The molecule has 0 radical (unpaired) electrons. The Morgan fingerprint density at radius 3 is 2.32 bits per heavy atom. The molecular weight excluding hydrogens is 1070 g/mol. The fourth-order valence-corrected chi connectivity index (χ4v) is 12.9. The van der Waals surface area contributed by atoms with Gasteiger partial charge in [-0.1, -0.05) is 26.0 Å². The Labute approximate surface area is 476 Å². The van der Waals surface area contributed by atoms with Gasteiger partial charge in [-0.25, -0.2) is 37.1 Å². The van der Waals surface area contributed by atoms with Gasteiger partial charge in [0.2, 0.25) is 11.9 Å². The molecule has 3 N–H and O–H groups in total. The highest BCUT2D eigenvalue weighted by Crippen LogP contribution is 2.41. The number of pyridine rings is 1. The molecule has 4 aliphatic rings. The number of benzene rings is 3. The van der Waals surface area contributed by atoms with Crippen molar-refractivity contribution in [3.63, 3.8) is 0 Å². The standard InChI is InChI=1S/C59H71F2N15O5S/c1-37-31-75(34-52(77)76-35-59(6,7)53-49(76)23-40(27-63-53)22-39-8-10-42(60)11-9-39)44(30-62-37)33-73-18-19-74(32-38(73)2)56(78)41-28-64-57(65-29-41)72-16-14-71(15-17-72)20-21-81-50-26-48-46(25-51(50)82(79,80)58(3,4)5)54(67-36-66-48)68-55-45-24-43(61)12-13-47(45)69-70-55/h8-13,23-29,36-38,44,62H,14-22,30-35H2,1-7H3,(H2,66,67,68,69,70)/t37-,38-,44-/m1/s1. The van der Waals surface area contributed by atoms with E-state index >= 15 is 0 Å². The molecule has 82 heavy (non-hydrogen) atoms. The number of aromatic nitrogens is 7. The van der Waals surface area contributed by atoms with Crippen LogP contribution in [0.3, 0.4) is 0 Å². The predicted molar refractivity (Wildman–Crippen MR) is 311 cm³/mol. The number of piperazine rings is 3. The zero-order valence-corrected chi connectivity index (χ0v) is 48.3. The summed E-state index contributed by atoms with van der Waals surface area (Å²) >= 11 is 0. The molecule has 2 amide bonds. The van der Waals surface area contributed by atoms with Crippen LogP contribution in [0.4, 0.5) is 32.1 Å². The number of halogens is 2. The zero-order valence-electron chi connectivity index (χ0n) is 47.5. The molecule has 7 aromatic rings. The summed E-state index contributed by atoms with van der Waals surface area (Å²) in [7, 11) is -3.92. The first-order chi connectivity index (χ1) is 39.2. The Morgan fingerprint density at radius 1 is 0.817 bits per heavy atom. The van der Waals surface area contributed by atoms with Crippen LogP contribution in [-0.4, -0.2) is 190 Å². The number of sulfone groups is 1. The van der Waals surface area contributed by atoms with Crippen LogP contribution in [0.2, 0.25) is 0 Å². The van der Waals surface area contributed by atoms with Gasteiger partial charge in [-0.15, -0.1) is 0 Å². The third-order valence-corrected chi connectivity index (χ3v) is 18.9. The average Bonchev–Trinajstić information content (AvgIpc) is 4.17. The highest BCUT2D eigenvalue weighted by atomic mass is 32.2. The van der Waals surface area contributed by atoms with Gasteiger partial charge in [0.25, 0.3) is 5.91 Å². The van der Waals surface area contributed by atoms with Crippen LogP contribution in [0.5, 0.6) is 5.75 Å². The number of carbonyl (C=O) groups is 2. The number of nitrogens with one attached hydrogen (secondary N) is 3. The summed E-state index contributed by atoms with van der Waals surface area (Å²) in [5.74, 6) is 0.593. The number of hydrogen-bond donors (Lipinski definition) is 3. The van der Waals surface area contributed by atoms with Gasteiger partial charge < -0.3 is 30.1 Å². The topological polar surface area (TPSA) is 214 Å². The number of anilines is 4. The number of fused-ring (bicyclic) bond motifs is 3. The van der Waals surface area contributed by atoms with Crippen LogP contribution in [0.15, 0.2) is 90.5 Å². The summed E-state index contributed by atoms with van der Waals surface area (Å²) in [5.41, 5.74) is 4.90. The van der Waals surface area contributed by atoms with Crippen molar-refractivity contribution in [3.8, 4) is 5.75 Å². The Bertz CT molecular complexity index is 3610. The third-order valence-electron chi connectivity index (χ3n) is 16.4. The highest BCUT2D eigenvalue weighted by Gasteiger charge is 2.42. The van der Waals surface area contributed by atoms with Crippen molar-refractivity contribution in [2.24, 2.45) is 0 Å². The summed E-state index contributed by atoms with van der Waals surface area (Å²) < 4.78 is 61.2. The van der Waals surface area contributed by atoms with Crippen LogP contribution in [0.25, 0.3) is 21.8 Å². The number of ether oxygens (including phenoxy) is 1. The fourth-order valence-electron chi connectivity index (χ4n) is 11.6. The van der Waals surface area contributed by atoms with E-state index < -0.39 is 20.4 Å². The maximum absolute atomic E-state index is 14.4. The van der Waals surface area contributed by atoms with E-state index in [4.69, 9.17) is 9.72 Å². The number of aromatic amines is 1. The van der Waals surface area contributed by atoms with Gasteiger partial charge in [0.05, 0.1) is 39.3 Å². The normalized spacial score (nSPS) is 20.2. The first-order valence-electron chi connectivity index (χ1n) is 28.1. The average molecular weight is 1140 g/mol. The SMILES string of the molecule is C[C@@H]1CN(CC(=O)N2CC(C)(C)c3ncc(Cc4ccc(F)cc4)cc32)[C@@H](CN2CCN(C(=O)c3cnc(N4CCN(CCOc5cc6ncnc(Nc7n[nH]c8ccc(F)cc78)c6cc5S(=O)(=O)C(C)(C)C)CC4)nc3)C[C@H]2C)CN1.